The molecule has 1 unspecified atom stereocenters. The zero-order valence-corrected chi connectivity index (χ0v) is 10.7. The molecular formula is C10H16N4O4. The van der Waals surface area contributed by atoms with Gasteiger partial charge in [-0.1, -0.05) is 6.92 Å². The number of carbonyl (C=O) groups is 1. The second-order valence-electron chi connectivity index (χ2n) is 4.24. The summed E-state index contributed by atoms with van der Waals surface area (Å²) in [6.07, 6.45) is 0. The SMILES string of the molecule is Cc1nc([N+](=O)[O-])c(N(C)CC(C)C(=O)O)n1C. The van der Waals surface area contributed by atoms with Crippen LogP contribution in [0.5, 0.6) is 0 Å². The van der Waals surface area contributed by atoms with Crippen LogP contribution in [0.15, 0.2) is 0 Å². The van der Waals surface area contributed by atoms with Crippen LogP contribution in [0.4, 0.5) is 11.6 Å². The highest BCUT2D eigenvalue weighted by Gasteiger charge is 2.28. The zero-order valence-electron chi connectivity index (χ0n) is 10.7. The third-order valence-corrected chi connectivity index (χ3v) is 2.77. The largest absolute Gasteiger partial charge is 0.481 e. The van der Waals surface area contributed by atoms with Crippen LogP contribution in [0.3, 0.4) is 0 Å². The molecule has 0 bridgehead atoms. The van der Waals surface area contributed by atoms with Gasteiger partial charge in [-0.15, -0.1) is 0 Å². The molecule has 0 aliphatic carbocycles. The summed E-state index contributed by atoms with van der Waals surface area (Å²) in [7, 11) is 3.27. The van der Waals surface area contributed by atoms with Gasteiger partial charge in [0, 0.05) is 27.6 Å². The van der Waals surface area contributed by atoms with Gasteiger partial charge in [-0.05, 0) is 9.91 Å². The summed E-state index contributed by atoms with van der Waals surface area (Å²) in [5.41, 5.74) is 0. The van der Waals surface area contributed by atoms with Crippen LogP contribution in [0.1, 0.15) is 12.7 Å². The molecule has 1 N–H and O–H groups in total. The average molecular weight is 256 g/mol. The Morgan fingerprint density at radius 1 is 1.67 bits per heavy atom. The predicted octanol–water partition coefficient (Wildman–Crippen LogP) is 0.794. The van der Waals surface area contributed by atoms with Crippen molar-refractivity contribution < 1.29 is 14.8 Å². The molecule has 0 amide bonds. The lowest BCUT2D eigenvalue weighted by atomic mass is 10.2. The number of nitro groups is 1. The van der Waals surface area contributed by atoms with E-state index >= 15 is 0 Å². The molecule has 0 saturated carbocycles. The van der Waals surface area contributed by atoms with E-state index in [0.717, 1.165) is 0 Å². The summed E-state index contributed by atoms with van der Waals surface area (Å²) >= 11 is 0. The average Bonchev–Trinajstić information content (AvgIpc) is 2.55. The highest BCUT2D eigenvalue weighted by Crippen LogP contribution is 2.27. The Morgan fingerprint density at radius 3 is 2.67 bits per heavy atom. The van der Waals surface area contributed by atoms with Gasteiger partial charge in [0.15, 0.2) is 0 Å². The standard InChI is InChI=1S/C10H16N4O4/c1-6(10(15)16)5-12(3)9-8(14(17)18)11-7(2)13(9)4/h6H,5H2,1-4H3,(H,15,16). The van der Waals surface area contributed by atoms with Crippen molar-refractivity contribution in [2.45, 2.75) is 13.8 Å². The molecule has 1 heterocycles. The first-order valence-electron chi connectivity index (χ1n) is 5.37. The summed E-state index contributed by atoms with van der Waals surface area (Å²) in [5.74, 6) is -1.000. The minimum Gasteiger partial charge on any atom is -0.481 e. The fraction of sp³-hybridized carbons (Fsp3) is 0.600. The van der Waals surface area contributed by atoms with Crippen LogP contribution in [0.2, 0.25) is 0 Å². The van der Waals surface area contributed by atoms with Crippen LogP contribution in [-0.2, 0) is 11.8 Å². The van der Waals surface area contributed by atoms with Crippen molar-refractivity contribution in [1.29, 1.82) is 0 Å². The van der Waals surface area contributed by atoms with Crippen LogP contribution in [0.25, 0.3) is 0 Å². The number of nitrogens with zero attached hydrogens (tertiary/aromatic N) is 4. The topological polar surface area (TPSA) is 102 Å². The Hall–Kier alpha value is -2.12. The number of carboxylic acid groups (broad SMARTS) is 1. The molecule has 8 nitrogen and oxygen atoms in total. The van der Waals surface area contributed by atoms with Gasteiger partial charge in [-0.25, -0.2) is 0 Å². The monoisotopic (exact) mass is 256 g/mol. The van der Waals surface area contributed by atoms with Crippen molar-refractivity contribution >= 4 is 17.6 Å². The maximum Gasteiger partial charge on any atom is 0.406 e. The summed E-state index contributed by atoms with van der Waals surface area (Å²) < 4.78 is 1.58. The smallest absolute Gasteiger partial charge is 0.406 e. The number of aryl methyl sites for hydroxylation is 1. The van der Waals surface area contributed by atoms with E-state index in [0.29, 0.717) is 11.6 Å². The summed E-state index contributed by atoms with van der Waals surface area (Å²) in [4.78, 5) is 26.5. The van der Waals surface area contributed by atoms with E-state index in [1.54, 1.807) is 32.5 Å². The molecule has 0 aromatic carbocycles. The molecule has 0 radical (unpaired) electrons. The lowest BCUT2D eigenvalue weighted by Crippen LogP contribution is -2.30. The number of aliphatic carboxylic acids is 1. The summed E-state index contributed by atoms with van der Waals surface area (Å²) in [6, 6.07) is 0. The molecule has 18 heavy (non-hydrogen) atoms. The minimum absolute atomic E-state index is 0.176. The maximum atomic E-state index is 10.9. The highest BCUT2D eigenvalue weighted by molar-refractivity contribution is 5.70. The lowest BCUT2D eigenvalue weighted by molar-refractivity contribution is -0.388. The second kappa shape index (κ2) is 5.03. The molecule has 8 heteroatoms. The van der Waals surface area contributed by atoms with Gasteiger partial charge in [0.25, 0.3) is 0 Å². The van der Waals surface area contributed by atoms with Crippen molar-refractivity contribution in [3.8, 4) is 0 Å². The third-order valence-electron chi connectivity index (χ3n) is 2.77. The van der Waals surface area contributed by atoms with Gasteiger partial charge in [0.2, 0.25) is 11.6 Å². The first kappa shape index (κ1) is 13.9. The Morgan fingerprint density at radius 2 is 2.22 bits per heavy atom. The first-order valence-corrected chi connectivity index (χ1v) is 5.37. The summed E-state index contributed by atoms with van der Waals surface area (Å²) in [5, 5.41) is 19.7. The van der Waals surface area contributed by atoms with Gasteiger partial charge in [-0.3, -0.25) is 9.36 Å². The predicted molar refractivity (Wildman–Crippen MR) is 64.7 cm³/mol. The molecule has 1 aromatic heterocycles. The van der Waals surface area contributed by atoms with Crippen LogP contribution < -0.4 is 4.90 Å². The summed E-state index contributed by atoms with van der Waals surface area (Å²) in [6.45, 7) is 3.38. The maximum absolute atomic E-state index is 10.9. The highest BCUT2D eigenvalue weighted by atomic mass is 16.6. The first-order chi connectivity index (χ1) is 8.25. The van der Waals surface area contributed by atoms with Crippen molar-refractivity contribution in [2.24, 2.45) is 13.0 Å². The van der Waals surface area contributed by atoms with E-state index in [1.165, 1.54) is 4.90 Å². The van der Waals surface area contributed by atoms with Gasteiger partial charge in [-0.2, -0.15) is 0 Å². The number of aromatic nitrogens is 2. The fourth-order valence-corrected chi connectivity index (χ4v) is 1.71. The number of imidazole rings is 1. The molecule has 0 fully saturated rings. The van der Waals surface area contributed by atoms with E-state index in [1.807, 2.05) is 0 Å². The molecule has 1 atom stereocenters. The lowest BCUT2D eigenvalue weighted by Gasteiger charge is -2.20. The minimum atomic E-state index is -0.941. The number of anilines is 1. The Kier molecular flexibility index (Phi) is 3.89. The molecule has 1 rings (SSSR count). The zero-order chi connectivity index (χ0) is 14.0. The molecule has 0 saturated heterocycles. The van der Waals surface area contributed by atoms with Gasteiger partial charge in [0.05, 0.1) is 5.92 Å². The van der Waals surface area contributed by atoms with Crippen molar-refractivity contribution in [3.63, 3.8) is 0 Å². The van der Waals surface area contributed by atoms with E-state index in [2.05, 4.69) is 4.98 Å². The van der Waals surface area contributed by atoms with Crippen molar-refractivity contribution in [1.82, 2.24) is 9.55 Å². The number of carboxylic acids is 1. The Balaban J connectivity index is 3.08. The van der Waals surface area contributed by atoms with Crippen molar-refractivity contribution in [2.75, 3.05) is 18.5 Å². The van der Waals surface area contributed by atoms with Gasteiger partial charge in [0.1, 0.15) is 0 Å². The van der Waals surface area contributed by atoms with E-state index in [4.69, 9.17) is 5.11 Å². The van der Waals surface area contributed by atoms with E-state index < -0.39 is 16.8 Å². The second-order valence-corrected chi connectivity index (χ2v) is 4.24. The van der Waals surface area contributed by atoms with E-state index in [9.17, 15) is 14.9 Å². The normalized spacial score (nSPS) is 12.2. The number of rotatable bonds is 5. The third kappa shape index (κ3) is 2.58. The van der Waals surface area contributed by atoms with Crippen LogP contribution >= 0.6 is 0 Å². The Bertz CT molecular complexity index is 482. The van der Waals surface area contributed by atoms with E-state index in [-0.39, 0.29) is 12.4 Å². The quantitative estimate of drug-likeness (QED) is 0.617. The van der Waals surface area contributed by atoms with Crippen LogP contribution in [0, 0.1) is 23.0 Å². The molecule has 0 spiro atoms. The van der Waals surface area contributed by atoms with Crippen LogP contribution in [-0.4, -0.2) is 39.1 Å². The Labute approximate surface area is 104 Å². The molecular weight excluding hydrogens is 240 g/mol. The molecule has 0 aliphatic rings. The fourth-order valence-electron chi connectivity index (χ4n) is 1.71. The molecule has 100 valence electrons. The van der Waals surface area contributed by atoms with Crippen molar-refractivity contribution in [3.05, 3.63) is 15.9 Å². The molecule has 0 aliphatic heterocycles. The van der Waals surface area contributed by atoms with Gasteiger partial charge < -0.3 is 20.1 Å². The molecule has 1 aromatic rings. The number of hydrogen-bond donors (Lipinski definition) is 1. The van der Waals surface area contributed by atoms with Gasteiger partial charge >= 0.3 is 11.8 Å². The number of hydrogen-bond acceptors (Lipinski definition) is 5.